The Morgan fingerprint density at radius 1 is 1.46 bits per heavy atom. The van der Waals surface area contributed by atoms with E-state index in [9.17, 15) is 4.39 Å². The normalized spacial score (nSPS) is 12.0. The smallest absolute Gasteiger partial charge is 0.109 e. The number of hydrogen-bond acceptors (Lipinski definition) is 2. The van der Waals surface area contributed by atoms with Gasteiger partial charge >= 0.3 is 0 Å². The van der Waals surface area contributed by atoms with Crippen LogP contribution in [0.1, 0.15) is 26.5 Å². The predicted octanol–water partition coefficient (Wildman–Crippen LogP) is 1.84. The van der Waals surface area contributed by atoms with Gasteiger partial charge in [0.05, 0.1) is 12.2 Å². The van der Waals surface area contributed by atoms with Gasteiger partial charge in [0.15, 0.2) is 0 Å². The fourth-order valence-electron chi connectivity index (χ4n) is 1.16. The summed E-state index contributed by atoms with van der Waals surface area (Å²) in [4.78, 5) is 0. The molecule has 1 aromatic heterocycles. The molecule has 0 aromatic carbocycles. The van der Waals surface area contributed by atoms with Gasteiger partial charge in [-0.2, -0.15) is 0 Å². The van der Waals surface area contributed by atoms with Gasteiger partial charge in [0.2, 0.25) is 0 Å². The number of halogens is 1. The van der Waals surface area contributed by atoms with Crippen LogP contribution in [0.4, 0.5) is 4.39 Å². The molecule has 0 amide bonds. The molecule has 0 aliphatic heterocycles. The SMILES string of the molecule is CC(C)(C)Cc1cn(CC[18F])nn1. The number of alkyl halides is 1. The lowest BCUT2D eigenvalue weighted by molar-refractivity contribution is 0.406. The summed E-state index contributed by atoms with van der Waals surface area (Å²) in [6.45, 7) is 6.33. The van der Waals surface area contributed by atoms with Crippen molar-refractivity contribution in [2.24, 2.45) is 5.41 Å². The van der Waals surface area contributed by atoms with Crippen molar-refractivity contribution in [3.8, 4) is 0 Å². The van der Waals surface area contributed by atoms with Gasteiger partial charge in [-0.25, -0.2) is 9.07 Å². The van der Waals surface area contributed by atoms with Crippen LogP contribution in [-0.4, -0.2) is 21.7 Å². The van der Waals surface area contributed by atoms with E-state index >= 15 is 0 Å². The lowest BCUT2D eigenvalue weighted by atomic mass is 9.91. The third-order valence-electron chi connectivity index (χ3n) is 1.61. The quantitative estimate of drug-likeness (QED) is 0.717. The molecule has 1 aromatic rings. The van der Waals surface area contributed by atoms with Crippen molar-refractivity contribution in [3.63, 3.8) is 0 Å². The molecule has 74 valence electrons. The van der Waals surface area contributed by atoms with Crippen LogP contribution in [0, 0.1) is 5.41 Å². The largest absolute Gasteiger partial charge is 0.250 e. The number of rotatable bonds is 3. The fourth-order valence-corrected chi connectivity index (χ4v) is 1.16. The Morgan fingerprint density at radius 2 is 2.15 bits per heavy atom. The zero-order chi connectivity index (χ0) is 9.90. The summed E-state index contributed by atoms with van der Waals surface area (Å²) in [7, 11) is 0. The highest BCUT2D eigenvalue weighted by molar-refractivity contribution is 4.95. The molecule has 13 heavy (non-hydrogen) atoms. The molecule has 0 unspecified atom stereocenters. The third-order valence-corrected chi connectivity index (χ3v) is 1.61. The van der Waals surface area contributed by atoms with Crippen molar-refractivity contribution in [2.45, 2.75) is 33.7 Å². The summed E-state index contributed by atoms with van der Waals surface area (Å²) in [5, 5.41) is 7.78. The van der Waals surface area contributed by atoms with Crippen LogP contribution in [0.3, 0.4) is 0 Å². The van der Waals surface area contributed by atoms with Crippen LogP contribution in [0.5, 0.6) is 0 Å². The van der Waals surface area contributed by atoms with Crippen molar-refractivity contribution < 1.29 is 4.39 Å². The Labute approximate surface area is 77.9 Å². The summed E-state index contributed by atoms with van der Waals surface area (Å²) in [5.74, 6) is 0. The van der Waals surface area contributed by atoms with Gasteiger partial charge in [-0.05, 0) is 11.8 Å². The molecule has 0 aliphatic carbocycles. The standard InChI is InChI=1S/C9H16FN3/c1-9(2,3)6-8-7-13(5-4-10)12-11-8/h7H,4-6H2,1-3H3/i10-1. The molecule has 0 saturated heterocycles. The first-order chi connectivity index (χ1) is 6.01. The predicted molar refractivity (Wildman–Crippen MR) is 49.2 cm³/mol. The summed E-state index contributed by atoms with van der Waals surface area (Å²) in [5.41, 5.74) is 1.14. The first-order valence-corrected chi connectivity index (χ1v) is 4.46. The van der Waals surface area contributed by atoms with Crippen LogP contribution in [0.15, 0.2) is 6.20 Å². The maximum atomic E-state index is 11.9. The molecular weight excluding hydrogens is 168 g/mol. The van der Waals surface area contributed by atoms with Gasteiger partial charge in [-0.3, -0.25) is 0 Å². The topological polar surface area (TPSA) is 30.7 Å². The molecular formula is C9H16FN3. The molecule has 0 aliphatic rings. The fraction of sp³-hybridized carbons (Fsp3) is 0.778. The molecule has 0 bridgehead atoms. The van der Waals surface area contributed by atoms with Crippen LogP contribution in [-0.2, 0) is 13.0 Å². The molecule has 0 spiro atoms. The van der Waals surface area contributed by atoms with Crippen molar-refractivity contribution in [3.05, 3.63) is 11.9 Å². The van der Waals surface area contributed by atoms with Gasteiger partial charge in [-0.1, -0.05) is 26.0 Å². The van der Waals surface area contributed by atoms with E-state index in [4.69, 9.17) is 0 Å². The molecule has 0 saturated carbocycles. The average molecular weight is 184 g/mol. The third kappa shape index (κ3) is 3.53. The second-order valence-corrected chi connectivity index (χ2v) is 4.40. The van der Waals surface area contributed by atoms with Gasteiger partial charge in [0.25, 0.3) is 0 Å². The van der Waals surface area contributed by atoms with Crippen LogP contribution < -0.4 is 0 Å². The van der Waals surface area contributed by atoms with Crippen LogP contribution in [0.2, 0.25) is 0 Å². The van der Waals surface area contributed by atoms with E-state index in [1.54, 1.807) is 4.68 Å². The minimum atomic E-state index is -0.391. The highest BCUT2D eigenvalue weighted by Crippen LogP contribution is 2.18. The molecule has 0 fully saturated rings. The highest BCUT2D eigenvalue weighted by Gasteiger charge is 2.13. The van der Waals surface area contributed by atoms with E-state index in [1.807, 2.05) is 6.20 Å². The average Bonchev–Trinajstić information content (AvgIpc) is 2.33. The van der Waals surface area contributed by atoms with Crippen molar-refractivity contribution >= 4 is 0 Å². The van der Waals surface area contributed by atoms with Gasteiger partial charge < -0.3 is 0 Å². The zero-order valence-electron chi connectivity index (χ0n) is 8.42. The number of hydrogen-bond donors (Lipinski definition) is 0. The zero-order valence-corrected chi connectivity index (χ0v) is 8.42. The molecule has 0 atom stereocenters. The molecule has 1 rings (SSSR count). The van der Waals surface area contributed by atoms with Crippen LogP contribution in [0.25, 0.3) is 0 Å². The summed E-state index contributed by atoms with van der Waals surface area (Å²) >= 11 is 0. The minimum absolute atomic E-state index is 0.205. The number of aromatic nitrogens is 3. The lowest BCUT2D eigenvalue weighted by Crippen LogP contribution is -2.09. The summed E-state index contributed by atoms with van der Waals surface area (Å²) in [6, 6.07) is 0. The lowest BCUT2D eigenvalue weighted by Gasteiger charge is -2.15. The molecule has 1 heterocycles. The monoisotopic (exact) mass is 184 g/mol. The van der Waals surface area contributed by atoms with Crippen LogP contribution >= 0.6 is 0 Å². The van der Waals surface area contributed by atoms with Crippen molar-refractivity contribution in [2.75, 3.05) is 6.67 Å². The Kier molecular flexibility index (Phi) is 3.01. The molecule has 4 heteroatoms. The second kappa shape index (κ2) is 3.85. The van der Waals surface area contributed by atoms with Gasteiger partial charge in [0, 0.05) is 6.20 Å². The van der Waals surface area contributed by atoms with E-state index in [0.29, 0.717) is 6.54 Å². The first-order valence-electron chi connectivity index (χ1n) is 4.46. The minimum Gasteiger partial charge on any atom is -0.250 e. The number of aryl methyl sites for hydroxylation is 1. The van der Waals surface area contributed by atoms with Gasteiger partial charge in [-0.15, -0.1) is 5.10 Å². The van der Waals surface area contributed by atoms with E-state index in [2.05, 4.69) is 31.1 Å². The summed E-state index contributed by atoms with van der Waals surface area (Å²) in [6.07, 6.45) is 2.68. The second-order valence-electron chi connectivity index (χ2n) is 4.40. The maximum absolute atomic E-state index is 11.9. The van der Waals surface area contributed by atoms with Crippen molar-refractivity contribution in [1.29, 1.82) is 0 Å². The van der Waals surface area contributed by atoms with E-state index < -0.39 is 6.67 Å². The highest BCUT2D eigenvalue weighted by atomic mass is 18.2. The Balaban J connectivity index is 2.59. The molecule has 0 N–H and O–H groups in total. The Morgan fingerprint density at radius 3 is 2.69 bits per heavy atom. The van der Waals surface area contributed by atoms with E-state index in [-0.39, 0.29) is 5.41 Å². The Hall–Kier alpha value is -0.930. The number of nitrogens with zero attached hydrogens (tertiary/aromatic N) is 3. The Bertz CT molecular complexity index is 262. The van der Waals surface area contributed by atoms with E-state index in [1.165, 1.54) is 0 Å². The molecule has 3 nitrogen and oxygen atoms in total. The first kappa shape index (κ1) is 10.2. The maximum Gasteiger partial charge on any atom is 0.109 e. The van der Waals surface area contributed by atoms with Gasteiger partial charge in [0.1, 0.15) is 6.67 Å². The summed E-state index contributed by atoms with van der Waals surface area (Å²) < 4.78 is 13.5. The molecule has 0 radical (unpaired) electrons. The van der Waals surface area contributed by atoms with E-state index in [0.717, 1.165) is 12.1 Å². The van der Waals surface area contributed by atoms with Crippen molar-refractivity contribution in [1.82, 2.24) is 15.0 Å².